The van der Waals surface area contributed by atoms with E-state index < -0.39 is 0 Å². The molecule has 0 radical (unpaired) electrons. The molecular formula is C16H28N4O. The highest BCUT2D eigenvalue weighted by molar-refractivity contribution is 5.57. The van der Waals surface area contributed by atoms with Gasteiger partial charge in [-0.05, 0) is 31.6 Å². The van der Waals surface area contributed by atoms with Crippen molar-refractivity contribution >= 4 is 11.6 Å². The first-order valence-corrected chi connectivity index (χ1v) is 7.97. The van der Waals surface area contributed by atoms with Gasteiger partial charge in [-0.3, -0.25) is 0 Å². The summed E-state index contributed by atoms with van der Waals surface area (Å²) in [7, 11) is 1.89. The van der Waals surface area contributed by atoms with E-state index in [-0.39, 0.29) is 0 Å². The molecule has 0 bridgehead atoms. The number of anilines is 2. The Morgan fingerprint density at radius 2 is 1.86 bits per heavy atom. The first kappa shape index (κ1) is 16.0. The lowest BCUT2D eigenvalue weighted by atomic mass is 9.97. The third-order valence-corrected chi connectivity index (χ3v) is 4.50. The van der Waals surface area contributed by atoms with Crippen molar-refractivity contribution in [1.82, 2.24) is 9.97 Å². The Kier molecular flexibility index (Phi) is 5.39. The van der Waals surface area contributed by atoms with Gasteiger partial charge in [0.15, 0.2) is 0 Å². The number of aromatic nitrogens is 2. The normalized spacial score (nSPS) is 21.8. The predicted octanol–water partition coefficient (Wildman–Crippen LogP) is 2.77. The molecule has 2 unspecified atom stereocenters. The lowest BCUT2D eigenvalue weighted by Crippen LogP contribution is -2.22. The van der Waals surface area contributed by atoms with E-state index in [1.807, 2.05) is 14.0 Å². The van der Waals surface area contributed by atoms with Crippen LogP contribution in [0.4, 0.5) is 11.6 Å². The van der Waals surface area contributed by atoms with Crippen LogP contribution in [0.1, 0.15) is 50.4 Å². The van der Waals surface area contributed by atoms with E-state index in [0.29, 0.717) is 24.4 Å². The summed E-state index contributed by atoms with van der Waals surface area (Å²) in [6.07, 6.45) is 3.56. The molecule has 1 aromatic heterocycles. The van der Waals surface area contributed by atoms with E-state index >= 15 is 0 Å². The first-order chi connectivity index (χ1) is 10.1. The van der Waals surface area contributed by atoms with Crippen LogP contribution in [0.25, 0.3) is 0 Å². The van der Waals surface area contributed by atoms with Crippen molar-refractivity contribution < 1.29 is 5.11 Å². The minimum absolute atomic E-state index is 0.300. The van der Waals surface area contributed by atoms with Gasteiger partial charge in [0.05, 0.1) is 0 Å². The van der Waals surface area contributed by atoms with Gasteiger partial charge in [-0.1, -0.05) is 20.3 Å². The standard InChI is InChI=1S/C16H28N4O/c1-10(2)14-19-15(17-4)11(3)16(20-14)18-8-12-6-5-7-13(12)9-21/h10,12-13,21H,5-9H2,1-4H3,(H2,17,18,19,20). The highest BCUT2D eigenvalue weighted by Crippen LogP contribution is 2.32. The third-order valence-electron chi connectivity index (χ3n) is 4.50. The molecule has 1 aliphatic rings. The van der Waals surface area contributed by atoms with Crippen molar-refractivity contribution in [3.63, 3.8) is 0 Å². The number of rotatable bonds is 6. The number of nitrogens with one attached hydrogen (secondary N) is 2. The van der Waals surface area contributed by atoms with Gasteiger partial charge in [0, 0.05) is 31.7 Å². The molecule has 3 N–H and O–H groups in total. The van der Waals surface area contributed by atoms with E-state index in [1.54, 1.807) is 0 Å². The molecule has 5 nitrogen and oxygen atoms in total. The average Bonchev–Trinajstić information content (AvgIpc) is 2.93. The van der Waals surface area contributed by atoms with E-state index in [9.17, 15) is 5.11 Å². The molecule has 0 saturated heterocycles. The lowest BCUT2D eigenvalue weighted by molar-refractivity contribution is 0.199. The van der Waals surface area contributed by atoms with Crippen LogP contribution in [0.3, 0.4) is 0 Å². The topological polar surface area (TPSA) is 70.1 Å². The molecule has 1 saturated carbocycles. The summed E-state index contributed by atoms with van der Waals surface area (Å²) < 4.78 is 0. The van der Waals surface area contributed by atoms with Gasteiger partial charge in [-0.2, -0.15) is 0 Å². The van der Waals surface area contributed by atoms with Gasteiger partial charge in [-0.25, -0.2) is 9.97 Å². The van der Waals surface area contributed by atoms with Crippen molar-refractivity contribution in [3.05, 3.63) is 11.4 Å². The van der Waals surface area contributed by atoms with Crippen LogP contribution in [0, 0.1) is 18.8 Å². The Labute approximate surface area is 127 Å². The van der Waals surface area contributed by atoms with E-state index in [4.69, 9.17) is 0 Å². The Bertz CT molecular complexity index is 476. The summed E-state index contributed by atoms with van der Waals surface area (Å²) >= 11 is 0. The second-order valence-corrected chi connectivity index (χ2v) is 6.32. The van der Waals surface area contributed by atoms with Crippen LogP contribution in [0.2, 0.25) is 0 Å². The van der Waals surface area contributed by atoms with Crippen LogP contribution in [-0.2, 0) is 0 Å². The van der Waals surface area contributed by atoms with Crippen molar-refractivity contribution in [2.45, 2.75) is 46.0 Å². The smallest absolute Gasteiger partial charge is 0.135 e. The van der Waals surface area contributed by atoms with Crippen LogP contribution in [-0.4, -0.2) is 35.3 Å². The van der Waals surface area contributed by atoms with Crippen molar-refractivity contribution in [2.75, 3.05) is 30.8 Å². The van der Waals surface area contributed by atoms with E-state index in [2.05, 4.69) is 34.4 Å². The summed E-state index contributed by atoms with van der Waals surface area (Å²) in [6.45, 7) is 7.42. The van der Waals surface area contributed by atoms with Gasteiger partial charge in [0.2, 0.25) is 0 Å². The molecule has 21 heavy (non-hydrogen) atoms. The Balaban J connectivity index is 2.13. The molecule has 0 spiro atoms. The van der Waals surface area contributed by atoms with Crippen LogP contribution >= 0.6 is 0 Å². The van der Waals surface area contributed by atoms with E-state index in [1.165, 1.54) is 12.8 Å². The zero-order valence-corrected chi connectivity index (χ0v) is 13.6. The maximum absolute atomic E-state index is 9.42. The molecule has 0 amide bonds. The molecule has 1 heterocycles. The largest absolute Gasteiger partial charge is 0.396 e. The fraction of sp³-hybridized carbons (Fsp3) is 0.750. The van der Waals surface area contributed by atoms with Gasteiger partial charge < -0.3 is 15.7 Å². The lowest BCUT2D eigenvalue weighted by Gasteiger charge is -2.20. The number of hydrogen-bond acceptors (Lipinski definition) is 5. The van der Waals surface area contributed by atoms with Gasteiger partial charge in [0.1, 0.15) is 17.5 Å². The summed E-state index contributed by atoms with van der Waals surface area (Å²) in [5, 5.41) is 16.1. The Hall–Kier alpha value is -1.36. The summed E-state index contributed by atoms with van der Waals surface area (Å²) in [6, 6.07) is 0. The zero-order chi connectivity index (χ0) is 15.4. The fourth-order valence-electron chi connectivity index (χ4n) is 3.06. The minimum atomic E-state index is 0.300. The maximum Gasteiger partial charge on any atom is 0.135 e. The quantitative estimate of drug-likeness (QED) is 0.752. The van der Waals surface area contributed by atoms with Crippen LogP contribution < -0.4 is 10.6 Å². The van der Waals surface area contributed by atoms with Crippen molar-refractivity contribution in [2.24, 2.45) is 11.8 Å². The summed E-state index contributed by atoms with van der Waals surface area (Å²) in [4.78, 5) is 9.23. The zero-order valence-electron chi connectivity index (χ0n) is 13.6. The van der Waals surface area contributed by atoms with Crippen molar-refractivity contribution in [3.8, 4) is 0 Å². The SMILES string of the molecule is CNc1nc(C(C)C)nc(NCC2CCCC2CO)c1C. The van der Waals surface area contributed by atoms with Gasteiger partial charge in [-0.15, -0.1) is 0 Å². The number of aliphatic hydroxyl groups excluding tert-OH is 1. The third kappa shape index (κ3) is 3.64. The Morgan fingerprint density at radius 3 is 2.48 bits per heavy atom. The van der Waals surface area contributed by atoms with Gasteiger partial charge in [0.25, 0.3) is 0 Å². The van der Waals surface area contributed by atoms with Crippen molar-refractivity contribution in [1.29, 1.82) is 0 Å². The monoisotopic (exact) mass is 292 g/mol. The Morgan fingerprint density at radius 1 is 1.19 bits per heavy atom. The highest BCUT2D eigenvalue weighted by atomic mass is 16.3. The first-order valence-electron chi connectivity index (χ1n) is 7.97. The molecule has 2 atom stereocenters. The van der Waals surface area contributed by atoms with E-state index in [0.717, 1.165) is 36.0 Å². The molecular weight excluding hydrogens is 264 g/mol. The average molecular weight is 292 g/mol. The fourth-order valence-corrected chi connectivity index (χ4v) is 3.06. The molecule has 1 fully saturated rings. The highest BCUT2D eigenvalue weighted by Gasteiger charge is 2.26. The van der Waals surface area contributed by atoms with Crippen LogP contribution in [0.15, 0.2) is 0 Å². The predicted molar refractivity (Wildman–Crippen MR) is 86.8 cm³/mol. The second-order valence-electron chi connectivity index (χ2n) is 6.32. The molecule has 1 aliphatic carbocycles. The van der Waals surface area contributed by atoms with Gasteiger partial charge >= 0.3 is 0 Å². The summed E-state index contributed by atoms with van der Waals surface area (Å²) in [5.74, 6) is 3.95. The van der Waals surface area contributed by atoms with Crippen LogP contribution in [0.5, 0.6) is 0 Å². The minimum Gasteiger partial charge on any atom is -0.396 e. The summed E-state index contributed by atoms with van der Waals surface area (Å²) in [5.41, 5.74) is 1.06. The maximum atomic E-state index is 9.42. The molecule has 0 aliphatic heterocycles. The molecule has 5 heteroatoms. The molecule has 2 rings (SSSR count). The molecule has 1 aromatic rings. The number of hydrogen-bond donors (Lipinski definition) is 3. The second kappa shape index (κ2) is 7.07. The number of nitrogens with zero attached hydrogens (tertiary/aromatic N) is 2. The number of aliphatic hydroxyl groups is 1. The molecule has 0 aromatic carbocycles. The molecule has 118 valence electrons.